The molecule has 3 aromatic rings. The number of hydrogen-bond donors (Lipinski definition) is 1. The van der Waals surface area contributed by atoms with Gasteiger partial charge in [0, 0.05) is 24.9 Å². The van der Waals surface area contributed by atoms with Crippen LogP contribution in [0.25, 0.3) is 5.70 Å². The van der Waals surface area contributed by atoms with Gasteiger partial charge in [-0.05, 0) is 78.0 Å². The van der Waals surface area contributed by atoms with Gasteiger partial charge >= 0.3 is 0 Å². The number of nitrogens with one attached hydrogen (secondary N) is 1. The highest BCUT2D eigenvalue weighted by atomic mass is 19.1. The summed E-state index contributed by atoms with van der Waals surface area (Å²) >= 11 is 0. The molecule has 0 spiro atoms. The normalized spacial score (nSPS) is 14.3. The molecule has 0 atom stereocenters. The summed E-state index contributed by atoms with van der Waals surface area (Å²) in [7, 11) is 0. The van der Waals surface area contributed by atoms with Crippen LogP contribution in [0.15, 0.2) is 67.2 Å². The van der Waals surface area contributed by atoms with Crippen molar-refractivity contribution in [3.05, 3.63) is 101 Å². The summed E-state index contributed by atoms with van der Waals surface area (Å²) in [5, 5.41) is 13.0. The largest absolute Gasteiger partial charge is 0.370 e. The molecular formula is C32H35F2N3. The SMILES string of the molecule is C=C(Nc1cc(C#N)ccc1N1CCC(Cc2ccc(F)cc2F)CC1)c1ccc(C(C)(C)CC)cc1. The van der Waals surface area contributed by atoms with Gasteiger partial charge in [-0.25, -0.2) is 8.78 Å². The maximum atomic E-state index is 14.1. The van der Waals surface area contributed by atoms with Crippen molar-refractivity contribution in [1.82, 2.24) is 0 Å². The summed E-state index contributed by atoms with van der Waals surface area (Å²) < 4.78 is 27.4. The molecular weight excluding hydrogens is 464 g/mol. The Bertz CT molecular complexity index is 1300. The van der Waals surface area contributed by atoms with E-state index >= 15 is 0 Å². The summed E-state index contributed by atoms with van der Waals surface area (Å²) in [5.74, 6) is -0.670. The zero-order valence-electron chi connectivity index (χ0n) is 22.0. The van der Waals surface area contributed by atoms with E-state index in [1.807, 2.05) is 18.2 Å². The average molecular weight is 500 g/mol. The minimum absolute atomic E-state index is 0.121. The lowest BCUT2D eigenvalue weighted by Crippen LogP contribution is -2.34. The molecule has 0 saturated carbocycles. The first-order chi connectivity index (χ1) is 17.7. The number of halogens is 2. The molecule has 0 amide bonds. The van der Waals surface area contributed by atoms with Crippen molar-refractivity contribution in [1.29, 1.82) is 5.26 Å². The van der Waals surface area contributed by atoms with Crippen LogP contribution in [-0.2, 0) is 11.8 Å². The summed E-state index contributed by atoms with van der Waals surface area (Å²) in [4.78, 5) is 2.31. The van der Waals surface area contributed by atoms with Crippen LogP contribution in [0, 0.1) is 28.9 Å². The van der Waals surface area contributed by atoms with E-state index in [1.165, 1.54) is 11.6 Å². The minimum Gasteiger partial charge on any atom is -0.370 e. The van der Waals surface area contributed by atoms with Gasteiger partial charge < -0.3 is 10.2 Å². The first-order valence-corrected chi connectivity index (χ1v) is 13.0. The summed E-state index contributed by atoms with van der Waals surface area (Å²) in [6, 6.07) is 20.3. The Labute approximate surface area is 219 Å². The van der Waals surface area contributed by atoms with Crippen LogP contribution >= 0.6 is 0 Å². The van der Waals surface area contributed by atoms with Gasteiger partial charge in [-0.3, -0.25) is 0 Å². The van der Waals surface area contributed by atoms with Gasteiger partial charge in [0.15, 0.2) is 0 Å². The molecule has 0 bridgehead atoms. The third kappa shape index (κ3) is 6.20. The molecule has 1 heterocycles. The standard InChI is InChI=1S/C32H35F2N3/c1-5-32(3,4)27-10-7-25(8-11-27)22(2)36-30-19-24(21-35)6-13-31(30)37-16-14-23(15-17-37)18-26-9-12-28(33)20-29(26)34/h6-13,19-20,23,36H,2,5,14-18H2,1,3-4H3. The molecule has 3 aromatic carbocycles. The van der Waals surface area contributed by atoms with E-state index in [9.17, 15) is 14.0 Å². The second kappa shape index (κ2) is 11.2. The van der Waals surface area contributed by atoms with Crippen LogP contribution < -0.4 is 10.2 Å². The van der Waals surface area contributed by atoms with Gasteiger partial charge in [0.2, 0.25) is 0 Å². The molecule has 1 fully saturated rings. The molecule has 5 heteroatoms. The molecule has 0 unspecified atom stereocenters. The lowest BCUT2D eigenvalue weighted by molar-refractivity contribution is 0.397. The van der Waals surface area contributed by atoms with Crippen molar-refractivity contribution in [3.63, 3.8) is 0 Å². The zero-order chi connectivity index (χ0) is 26.6. The van der Waals surface area contributed by atoms with E-state index < -0.39 is 11.6 Å². The van der Waals surface area contributed by atoms with Crippen LogP contribution in [0.5, 0.6) is 0 Å². The fraction of sp³-hybridized carbons (Fsp3) is 0.344. The van der Waals surface area contributed by atoms with E-state index in [1.54, 1.807) is 6.07 Å². The highest BCUT2D eigenvalue weighted by Crippen LogP contribution is 2.34. The molecule has 1 aliphatic rings. The van der Waals surface area contributed by atoms with Crippen LogP contribution in [0.4, 0.5) is 20.2 Å². The number of piperidine rings is 1. The molecule has 192 valence electrons. The number of nitrogens with zero attached hydrogens (tertiary/aromatic N) is 2. The fourth-order valence-electron chi connectivity index (χ4n) is 4.92. The summed E-state index contributed by atoms with van der Waals surface area (Å²) in [6.07, 6.45) is 3.49. The lowest BCUT2D eigenvalue weighted by Gasteiger charge is -2.35. The Hall–Kier alpha value is -3.65. The first kappa shape index (κ1) is 26.4. The number of anilines is 2. The quantitative estimate of drug-likeness (QED) is 0.341. The number of benzene rings is 3. The van der Waals surface area contributed by atoms with E-state index in [4.69, 9.17) is 0 Å². The average Bonchev–Trinajstić information content (AvgIpc) is 2.90. The predicted molar refractivity (Wildman–Crippen MR) is 149 cm³/mol. The molecule has 0 aromatic heterocycles. The monoisotopic (exact) mass is 499 g/mol. The van der Waals surface area contributed by atoms with E-state index in [2.05, 4.69) is 67.9 Å². The Morgan fingerprint density at radius 2 is 1.76 bits per heavy atom. The van der Waals surface area contributed by atoms with Crippen LogP contribution in [0.1, 0.15) is 62.3 Å². The first-order valence-electron chi connectivity index (χ1n) is 13.0. The van der Waals surface area contributed by atoms with Gasteiger partial charge in [0.1, 0.15) is 11.6 Å². The van der Waals surface area contributed by atoms with Crippen molar-refractivity contribution in [2.45, 2.75) is 51.9 Å². The van der Waals surface area contributed by atoms with Crippen molar-refractivity contribution < 1.29 is 8.78 Å². The molecule has 0 aliphatic carbocycles. The Kier molecular flexibility index (Phi) is 7.97. The molecule has 3 nitrogen and oxygen atoms in total. The van der Waals surface area contributed by atoms with E-state index in [-0.39, 0.29) is 5.41 Å². The highest BCUT2D eigenvalue weighted by Gasteiger charge is 2.23. The van der Waals surface area contributed by atoms with Crippen LogP contribution in [0.3, 0.4) is 0 Å². The maximum absolute atomic E-state index is 14.1. The van der Waals surface area contributed by atoms with Crippen molar-refractivity contribution in [3.8, 4) is 6.07 Å². The van der Waals surface area contributed by atoms with Gasteiger partial charge in [-0.1, -0.05) is 57.7 Å². The van der Waals surface area contributed by atoms with E-state index in [0.29, 0.717) is 23.5 Å². The van der Waals surface area contributed by atoms with Crippen LogP contribution in [0.2, 0.25) is 0 Å². The van der Waals surface area contributed by atoms with Crippen molar-refractivity contribution >= 4 is 17.1 Å². The Morgan fingerprint density at radius 1 is 1.05 bits per heavy atom. The smallest absolute Gasteiger partial charge is 0.129 e. The number of hydrogen-bond acceptors (Lipinski definition) is 3. The fourth-order valence-corrected chi connectivity index (χ4v) is 4.92. The minimum atomic E-state index is -0.542. The molecule has 1 N–H and O–H groups in total. The molecule has 1 aliphatic heterocycles. The summed E-state index contributed by atoms with van der Waals surface area (Å²) in [5.41, 5.74) is 6.23. The van der Waals surface area contributed by atoms with Gasteiger partial charge in [-0.15, -0.1) is 0 Å². The van der Waals surface area contributed by atoms with Gasteiger partial charge in [-0.2, -0.15) is 5.26 Å². The number of nitriles is 1. The predicted octanol–water partition coefficient (Wildman–Crippen LogP) is 8.07. The molecule has 1 saturated heterocycles. The summed E-state index contributed by atoms with van der Waals surface area (Å²) in [6.45, 7) is 12.6. The zero-order valence-corrected chi connectivity index (χ0v) is 22.0. The third-order valence-electron chi connectivity index (χ3n) is 7.79. The Balaban J connectivity index is 1.46. The van der Waals surface area contributed by atoms with Crippen LogP contribution in [-0.4, -0.2) is 13.1 Å². The highest BCUT2D eigenvalue weighted by molar-refractivity contribution is 5.83. The second-order valence-corrected chi connectivity index (χ2v) is 10.6. The van der Waals surface area contributed by atoms with Gasteiger partial charge in [0.05, 0.1) is 23.0 Å². The topological polar surface area (TPSA) is 39.1 Å². The van der Waals surface area contributed by atoms with E-state index in [0.717, 1.165) is 61.1 Å². The molecule has 0 radical (unpaired) electrons. The molecule has 4 rings (SSSR count). The third-order valence-corrected chi connectivity index (χ3v) is 7.79. The van der Waals surface area contributed by atoms with Crippen molar-refractivity contribution in [2.24, 2.45) is 5.92 Å². The lowest BCUT2D eigenvalue weighted by atomic mass is 9.82. The van der Waals surface area contributed by atoms with Crippen molar-refractivity contribution in [2.75, 3.05) is 23.3 Å². The number of rotatable bonds is 8. The second-order valence-electron chi connectivity index (χ2n) is 10.6. The van der Waals surface area contributed by atoms with Gasteiger partial charge in [0.25, 0.3) is 0 Å². The maximum Gasteiger partial charge on any atom is 0.129 e. The Morgan fingerprint density at radius 3 is 2.38 bits per heavy atom. The molecule has 37 heavy (non-hydrogen) atoms.